The average molecular weight is 461 g/mol. The molecule has 0 N–H and O–H groups in total. The lowest BCUT2D eigenvalue weighted by Crippen LogP contribution is -1.96. The number of hydrogen-bond acceptors (Lipinski definition) is 2. The molecule has 0 unspecified atom stereocenters. The maximum atomic E-state index is 6.69. The molecule has 176 valence electrons. The molecule has 5 rings (SSSR count). The van der Waals surface area contributed by atoms with Gasteiger partial charge in [0.1, 0.15) is 23.0 Å². The summed E-state index contributed by atoms with van der Waals surface area (Å²) in [5.41, 5.74) is 3.56. The molecule has 0 bridgehead atoms. The van der Waals surface area contributed by atoms with Crippen molar-refractivity contribution in [3.8, 4) is 23.0 Å². The van der Waals surface area contributed by atoms with Crippen molar-refractivity contribution in [3.63, 3.8) is 0 Å². The summed E-state index contributed by atoms with van der Waals surface area (Å²) in [6.45, 7) is 6.42. The lowest BCUT2D eigenvalue weighted by molar-refractivity contribution is 0.482. The molecule has 0 aliphatic rings. The van der Waals surface area contributed by atoms with Gasteiger partial charge in [0, 0.05) is 21.5 Å². The molecule has 0 aliphatic heterocycles. The average Bonchev–Trinajstić information content (AvgIpc) is 2.88. The van der Waals surface area contributed by atoms with Crippen LogP contribution >= 0.6 is 0 Å². The highest BCUT2D eigenvalue weighted by Crippen LogP contribution is 2.46. The fraction of sp³-hybridized carbons (Fsp3) is 0.212. The van der Waals surface area contributed by atoms with Crippen molar-refractivity contribution < 1.29 is 9.47 Å². The maximum absolute atomic E-state index is 6.69. The number of fused-ring (bicyclic) bond motifs is 2. The Bertz CT molecular complexity index is 1480. The lowest BCUT2D eigenvalue weighted by Gasteiger charge is -2.19. The highest BCUT2D eigenvalue weighted by molar-refractivity contribution is 6.11. The van der Waals surface area contributed by atoms with Crippen molar-refractivity contribution in [3.05, 3.63) is 108 Å². The summed E-state index contributed by atoms with van der Waals surface area (Å²) in [4.78, 5) is 0. The zero-order chi connectivity index (χ0) is 24.2. The monoisotopic (exact) mass is 460 g/mol. The molecule has 0 atom stereocenters. The van der Waals surface area contributed by atoms with Gasteiger partial charge in [-0.1, -0.05) is 92.6 Å². The van der Waals surface area contributed by atoms with E-state index in [0.717, 1.165) is 62.1 Å². The number of aryl methyl sites for hydroxylation is 3. The zero-order valence-corrected chi connectivity index (χ0v) is 20.8. The van der Waals surface area contributed by atoms with Crippen LogP contribution in [-0.2, 0) is 6.42 Å². The second-order valence-corrected chi connectivity index (χ2v) is 9.28. The van der Waals surface area contributed by atoms with Gasteiger partial charge < -0.3 is 9.47 Å². The van der Waals surface area contributed by atoms with Crippen molar-refractivity contribution in [2.75, 3.05) is 0 Å². The molecule has 0 saturated heterocycles. The summed E-state index contributed by atoms with van der Waals surface area (Å²) in [5, 5.41) is 4.25. The minimum Gasteiger partial charge on any atom is -0.456 e. The van der Waals surface area contributed by atoms with Crippen molar-refractivity contribution in [2.45, 2.75) is 46.5 Å². The quantitative estimate of drug-likeness (QED) is 0.169. The molecule has 35 heavy (non-hydrogen) atoms. The SMILES string of the molecule is CCCCCc1ccc2c(Oc3ccccc3C)c3ccccc3c(Oc3ccccc3C)c2c1. The smallest absolute Gasteiger partial charge is 0.143 e. The number of unbranched alkanes of at least 4 members (excludes halogenated alkanes) is 2. The molecule has 5 aromatic rings. The first kappa shape index (κ1) is 23.0. The van der Waals surface area contributed by atoms with E-state index in [9.17, 15) is 0 Å². The van der Waals surface area contributed by atoms with Crippen LogP contribution in [0.5, 0.6) is 23.0 Å². The number of benzene rings is 5. The minimum atomic E-state index is 0.874. The van der Waals surface area contributed by atoms with Gasteiger partial charge in [-0.15, -0.1) is 0 Å². The van der Waals surface area contributed by atoms with Crippen LogP contribution in [0.4, 0.5) is 0 Å². The third-order valence-electron chi connectivity index (χ3n) is 6.67. The van der Waals surface area contributed by atoms with E-state index in [1.807, 2.05) is 36.4 Å². The zero-order valence-electron chi connectivity index (χ0n) is 20.8. The Morgan fingerprint density at radius 1 is 0.543 bits per heavy atom. The Labute approximate surface area is 208 Å². The fourth-order valence-electron chi connectivity index (χ4n) is 4.66. The summed E-state index contributed by atoms with van der Waals surface area (Å²) in [5.74, 6) is 3.52. The van der Waals surface area contributed by atoms with E-state index in [-0.39, 0.29) is 0 Å². The second kappa shape index (κ2) is 10.2. The van der Waals surface area contributed by atoms with E-state index < -0.39 is 0 Å². The van der Waals surface area contributed by atoms with Gasteiger partial charge in [0.05, 0.1) is 0 Å². The normalized spacial score (nSPS) is 11.2. The standard InChI is InChI=1S/C33H32O2/c1-4-5-6-15-25-20-21-28-29(22-25)33(35-31-19-12-8-14-24(31)3)27-17-10-9-16-26(27)32(28)34-30-18-11-7-13-23(30)2/h7-14,16-22H,4-6,15H2,1-3H3. The van der Waals surface area contributed by atoms with Crippen molar-refractivity contribution in [1.82, 2.24) is 0 Å². The fourth-order valence-corrected chi connectivity index (χ4v) is 4.66. The van der Waals surface area contributed by atoms with Crippen LogP contribution in [-0.4, -0.2) is 0 Å². The molecular formula is C33H32O2. The van der Waals surface area contributed by atoms with E-state index in [1.165, 1.54) is 24.8 Å². The van der Waals surface area contributed by atoms with Crippen LogP contribution in [0, 0.1) is 13.8 Å². The third kappa shape index (κ3) is 4.74. The molecule has 0 aliphatic carbocycles. The Hall–Kier alpha value is -3.78. The summed E-state index contributed by atoms with van der Waals surface area (Å²) in [6.07, 6.45) is 4.71. The van der Waals surface area contributed by atoms with Gasteiger partial charge in [-0.2, -0.15) is 0 Å². The molecule has 0 fully saturated rings. The third-order valence-corrected chi connectivity index (χ3v) is 6.67. The molecule has 2 heteroatoms. The van der Waals surface area contributed by atoms with E-state index >= 15 is 0 Å². The summed E-state index contributed by atoms with van der Waals surface area (Å²) in [6, 6.07) is 31.5. The molecule has 0 spiro atoms. The Morgan fingerprint density at radius 3 is 1.63 bits per heavy atom. The van der Waals surface area contributed by atoms with E-state index in [1.54, 1.807) is 0 Å². The van der Waals surface area contributed by atoms with E-state index in [0.29, 0.717) is 0 Å². The van der Waals surface area contributed by atoms with Crippen molar-refractivity contribution in [2.24, 2.45) is 0 Å². The maximum Gasteiger partial charge on any atom is 0.143 e. The molecule has 2 nitrogen and oxygen atoms in total. The highest BCUT2D eigenvalue weighted by atomic mass is 16.5. The molecule has 5 aromatic carbocycles. The molecule has 0 aromatic heterocycles. The first-order valence-electron chi connectivity index (χ1n) is 12.6. The van der Waals surface area contributed by atoms with Gasteiger partial charge >= 0.3 is 0 Å². The summed E-state index contributed by atoms with van der Waals surface area (Å²) < 4.78 is 13.3. The Kier molecular flexibility index (Phi) is 6.72. The second-order valence-electron chi connectivity index (χ2n) is 9.28. The van der Waals surface area contributed by atoms with Gasteiger partial charge in [-0.25, -0.2) is 0 Å². The van der Waals surface area contributed by atoms with Crippen LogP contribution < -0.4 is 9.47 Å². The predicted octanol–water partition coefficient (Wildman–Crippen LogP) is 9.93. The number of hydrogen-bond donors (Lipinski definition) is 0. The van der Waals surface area contributed by atoms with Gasteiger partial charge in [0.2, 0.25) is 0 Å². The Morgan fingerprint density at radius 2 is 1.06 bits per heavy atom. The van der Waals surface area contributed by atoms with Gasteiger partial charge in [-0.05, 0) is 61.6 Å². The molecule has 0 saturated carbocycles. The van der Waals surface area contributed by atoms with Gasteiger partial charge in [-0.3, -0.25) is 0 Å². The molecular weight excluding hydrogens is 428 g/mol. The largest absolute Gasteiger partial charge is 0.456 e. The van der Waals surface area contributed by atoms with E-state index in [4.69, 9.17) is 9.47 Å². The first-order valence-corrected chi connectivity index (χ1v) is 12.6. The van der Waals surface area contributed by atoms with Crippen molar-refractivity contribution in [1.29, 1.82) is 0 Å². The topological polar surface area (TPSA) is 18.5 Å². The Balaban J connectivity index is 1.75. The van der Waals surface area contributed by atoms with Crippen LogP contribution in [0.1, 0.15) is 42.9 Å². The van der Waals surface area contributed by atoms with Gasteiger partial charge in [0.15, 0.2) is 0 Å². The van der Waals surface area contributed by atoms with Crippen LogP contribution in [0.2, 0.25) is 0 Å². The summed E-state index contributed by atoms with van der Waals surface area (Å²) >= 11 is 0. The molecule has 0 heterocycles. The number of para-hydroxylation sites is 2. The van der Waals surface area contributed by atoms with Crippen LogP contribution in [0.25, 0.3) is 21.5 Å². The summed E-state index contributed by atoms with van der Waals surface area (Å²) in [7, 11) is 0. The minimum absolute atomic E-state index is 0.874. The predicted molar refractivity (Wildman–Crippen MR) is 147 cm³/mol. The van der Waals surface area contributed by atoms with Crippen LogP contribution in [0.3, 0.4) is 0 Å². The first-order chi connectivity index (χ1) is 17.2. The number of rotatable bonds is 8. The van der Waals surface area contributed by atoms with Crippen molar-refractivity contribution >= 4 is 21.5 Å². The number of ether oxygens (including phenoxy) is 2. The van der Waals surface area contributed by atoms with Crippen LogP contribution in [0.15, 0.2) is 91.0 Å². The van der Waals surface area contributed by atoms with Gasteiger partial charge in [0.25, 0.3) is 0 Å². The lowest BCUT2D eigenvalue weighted by atomic mass is 9.97. The molecule has 0 amide bonds. The highest BCUT2D eigenvalue weighted by Gasteiger charge is 2.19. The van der Waals surface area contributed by atoms with E-state index in [2.05, 4.69) is 75.4 Å². The molecule has 0 radical (unpaired) electrons.